The van der Waals surface area contributed by atoms with Crippen LogP contribution in [0.5, 0.6) is 0 Å². The van der Waals surface area contributed by atoms with Crippen molar-refractivity contribution in [2.45, 2.75) is 26.9 Å². The van der Waals surface area contributed by atoms with Crippen molar-refractivity contribution in [3.63, 3.8) is 0 Å². The summed E-state index contributed by atoms with van der Waals surface area (Å²) in [6, 6.07) is 0. The van der Waals surface area contributed by atoms with Gasteiger partial charge in [-0.25, -0.2) is 0 Å². The van der Waals surface area contributed by atoms with Crippen LogP contribution in [0, 0.1) is 5.92 Å². The minimum absolute atomic E-state index is 0.190. The standard InChI is InChI=1S/C10H14N2O2/c1-7(2)10(14-8(3)13)9-6-11-4-5-12-9/h4-7,10H,1-3H3. The van der Waals surface area contributed by atoms with Gasteiger partial charge in [0, 0.05) is 19.3 Å². The minimum Gasteiger partial charge on any atom is -0.456 e. The zero-order valence-corrected chi connectivity index (χ0v) is 8.60. The molecule has 76 valence electrons. The van der Waals surface area contributed by atoms with Crippen molar-refractivity contribution >= 4 is 5.97 Å². The first-order valence-electron chi connectivity index (χ1n) is 4.54. The van der Waals surface area contributed by atoms with Gasteiger partial charge in [0.25, 0.3) is 0 Å². The molecule has 14 heavy (non-hydrogen) atoms. The second-order valence-electron chi connectivity index (χ2n) is 3.40. The summed E-state index contributed by atoms with van der Waals surface area (Å²) < 4.78 is 5.16. The van der Waals surface area contributed by atoms with Crippen molar-refractivity contribution in [2.75, 3.05) is 0 Å². The fraction of sp³-hybridized carbons (Fsp3) is 0.500. The third-order valence-corrected chi connectivity index (χ3v) is 1.77. The molecule has 0 radical (unpaired) electrons. The molecule has 1 aromatic heterocycles. The van der Waals surface area contributed by atoms with E-state index in [9.17, 15) is 4.79 Å². The Morgan fingerprint density at radius 1 is 1.43 bits per heavy atom. The Morgan fingerprint density at radius 3 is 2.57 bits per heavy atom. The van der Waals surface area contributed by atoms with E-state index >= 15 is 0 Å². The van der Waals surface area contributed by atoms with Gasteiger partial charge in [-0.1, -0.05) is 13.8 Å². The van der Waals surface area contributed by atoms with Crippen LogP contribution >= 0.6 is 0 Å². The molecule has 0 spiro atoms. The lowest BCUT2D eigenvalue weighted by Gasteiger charge is -2.19. The Labute approximate surface area is 83.3 Å². The minimum atomic E-state index is -0.304. The topological polar surface area (TPSA) is 52.1 Å². The van der Waals surface area contributed by atoms with Gasteiger partial charge in [0.2, 0.25) is 0 Å². The van der Waals surface area contributed by atoms with E-state index in [-0.39, 0.29) is 18.0 Å². The molecule has 0 aliphatic carbocycles. The Hall–Kier alpha value is -1.45. The highest BCUT2D eigenvalue weighted by atomic mass is 16.5. The van der Waals surface area contributed by atoms with Crippen LogP contribution in [0.4, 0.5) is 0 Å². The Kier molecular flexibility index (Phi) is 3.56. The number of nitrogens with zero attached hydrogens (tertiary/aromatic N) is 2. The molecule has 4 heteroatoms. The van der Waals surface area contributed by atoms with Gasteiger partial charge in [-0.2, -0.15) is 0 Å². The summed E-state index contributed by atoms with van der Waals surface area (Å²) in [5.41, 5.74) is 0.692. The summed E-state index contributed by atoms with van der Waals surface area (Å²) in [6.07, 6.45) is 4.50. The van der Waals surface area contributed by atoms with E-state index in [1.807, 2.05) is 13.8 Å². The van der Waals surface area contributed by atoms with Crippen LogP contribution in [0.15, 0.2) is 18.6 Å². The third kappa shape index (κ3) is 2.80. The van der Waals surface area contributed by atoms with E-state index in [0.29, 0.717) is 5.69 Å². The SMILES string of the molecule is CC(=O)OC(c1cnccn1)C(C)C. The highest BCUT2D eigenvalue weighted by Crippen LogP contribution is 2.23. The van der Waals surface area contributed by atoms with Crippen molar-refractivity contribution in [3.05, 3.63) is 24.3 Å². The number of carbonyl (C=O) groups excluding carboxylic acids is 1. The number of hydrogen-bond acceptors (Lipinski definition) is 4. The second-order valence-corrected chi connectivity index (χ2v) is 3.40. The smallest absolute Gasteiger partial charge is 0.303 e. The van der Waals surface area contributed by atoms with E-state index in [0.717, 1.165) is 0 Å². The summed E-state index contributed by atoms with van der Waals surface area (Å²) in [5, 5.41) is 0. The van der Waals surface area contributed by atoms with Crippen LogP contribution in [0.25, 0.3) is 0 Å². The monoisotopic (exact) mass is 194 g/mol. The second kappa shape index (κ2) is 4.69. The molecule has 4 nitrogen and oxygen atoms in total. The van der Waals surface area contributed by atoms with Crippen LogP contribution in [0.2, 0.25) is 0 Å². The van der Waals surface area contributed by atoms with E-state index in [2.05, 4.69) is 9.97 Å². The third-order valence-electron chi connectivity index (χ3n) is 1.77. The van der Waals surface area contributed by atoms with Crippen molar-refractivity contribution in [1.82, 2.24) is 9.97 Å². The molecule has 0 fully saturated rings. The van der Waals surface area contributed by atoms with Gasteiger partial charge in [0.05, 0.1) is 11.9 Å². The Morgan fingerprint density at radius 2 is 2.14 bits per heavy atom. The highest BCUT2D eigenvalue weighted by molar-refractivity contribution is 5.66. The number of carbonyl (C=O) groups is 1. The number of ether oxygens (including phenoxy) is 1. The molecule has 0 N–H and O–H groups in total. The molecule has 0 aliphatic rings. The van der Waals surface area contributed by atoms with Gasteiger partial charge in [0.15, 0.2) is 0 Å². The maximum absolute atomic E-state index is 10.9. The predicted molar refractivity (Wildman–Crippen MR) is 51.4 cm³/mol. The van der Waals surface area contributed by atoms with Gasteiger partial charge in [0.1, 0.15) is 6.10 Å². The zero-order chi connectivity index (χ0) is 10.6. The maximum Gasteiger partial charge on any atom is 0.303 e. The molecule has 0 aromatic carbocycles. The normalized spacial score (nSPS) is 12.6. The lowest BCUT2D eigenvalue weighted by atomic mass is 10.0. The summed E-state index contributed by atoms with van der Waals surface area (Å²) in [5.74, 6) is -0.107. The fourth-order valence-electron chi connectivity index (χ4n) is 1.17. The van der Waals surface area contributed by atoms with Crippen molar-refractivity contribution < 1.29 is 9.53 Å². The summed E-state index contributed by atoms with van der Waals surface area (Å²) >= 11 is 0. The van der Waals surface area contributed by atoms with Crippen molar-refractivity contribution in [2.24, 2.45) is 5.92 Å². The van der Waals surface area contributed by atoms with Crippen LogP contribution in [-0.2, 0) is 9.53 Å². The predicted octanol–water partition coefficient (Wildman–Crippen LogP) is 1.74. The molecule has 0 saturated carbocycles. The first kappa shape index (κ1) is 10.6. The fourth-order valence-corrected chi connectivity index (χ4v) is 1.17. The van der Waals surface area contributed by atoms with E-state index in [4.69, 9.17) is 4.74 Å². The van der Waals surface area contributed by atoms with Gasteiger partial charge in [-0.05, 0) is 5.92 Å². The number of aromatic nitrogens is 2. The van der Waals surface area contributed by atoms with Crippen LogP contribution in [-0.4, -0.2) is 15.9 Å². The van der Waals surface area contributed by atoms with E-state index < -0.39 is 0 Å². The zero-order valence-electron chi connectivity index (χ0n) is 8.60. The highest BCUT2D eigenvalue weighted by Gasteiger charge is 2.20. The van der Waals surface area contributed by atoms with Gasteiger partial charge in [-0.3, -0.25) is 14.8 Å². The quantitative estimate of drug-likeness (QED) is 0.688. The lowest BCUT2D eigenvalue weighted by Crippen LogP contribution is -2.15. The average Bonchev–Trinajstić information content (AvgIpc) is 2.15. The molecule has 0 aliphatic heterocycles. The Balaban J connectivity index is 2.83. The van der Waals surface area contributed by atoms with Gasteiger partial charge in [-0.15, -0.1) is 0 Å². The first-order chi connectivity index (χ1) is 6.61. The molecule has 1 atom stereocenters. The Bertz CT molecular complexity index is 298. The average molecular weight is 194 g/mol. The molecule has 1 rings (SSSR count). The molecular weight excluding hydrogens is 180 g/mol. The molecule has 0 bridgehead atoms. The van der Waals surface area contributed by atoms with Crippen LogP contribution in [0.3, 0.4) is 0 Å². The molecule has 1 heterocycles. The van der Waals surface area contributed by atoms with Gasteiger partial charge < -0.3 is 4.74 Å². The number of esters is 1. The summed E-state index contributed by atoms with van der Waals surface area (Å²) in [6.45, 7) is 5.34. The molecule has 1 unspecified atom stereocenters. The van der Waals surface area contributed by atoms with E-state index in [1.165, 1.54) is 6.92 Å². The van der Waals surface area contributed by atoms with Crippen LogP contribution < -0.4 is 0 Å². The van der Waals surface area contributed by atoms with Crippen LogP contribution in [0.1, 0.15) is 32.6 Å². The number of rotatable bonds is 3. The maximum atomic E-state index is 10.9. The lowest BCUT2D eigenvalue weighted by molar-refractivity contribution is -0.149. The largest absolute Gasteiger partial charge is 0.456 e. The molecule has 0 amide bonds. The van der Waals surface area contributed by atoms with E-state index in [1.54, 1.807) is 18.6 Å². The molecular formula is C10H14N2O2. The summed E-state index contributed by atoms with van der Waals surface area (Å²) in [4.78, 5) is 18.9. The van der Waals surface area contributed by atoms with Crippen molar-refractivity contribution in [3.8, 4) is 0 Å². The van der Waals surface area contributed by atoms with Gasteiger partial charge >= 0.3 is 5.97 Å². The first-order valence-corrected chi connectivity index (χ1v) is 4.54. The molecule has 1 aromatic rings. The molecule has 0 saturated heterocycles. The summed E-state index contributed by atoms with van der Waals surface area (Å²) in [7, 11) is 0. The number of hydrogen-bond donors (Lipinski definition) is 0. The van der Waals surface area contributed by atoms with Crippen molar-refractivity contribution in [1.29, 1.82) is 0 Å².